The third kappa shape index (κ3) is 5.28. The molecule has 2 heterocycles. The van der Waals surface area contributed by atoms with E-state index in [1.165, 1.54) is 16.7 Å². The first kappa shape index (κ1) is 25.0. The fourth-order valence-electron chi connectivity index (χ4n) is 4.26. The minimum atomic E-state index is 0.173. The van der Waals surface area contributed by atoms with Crippen molar-refractivity contribution in [3.63, 3.8) is 0 Å². The Kier molecular flexibility index (Phi) is 7.93. The van der Waals surface area contributed by atoms with Crippen molar-refractivity contribution in [3.8, 4) is 28.5 Å². The molecule has 0 saturated carbocycles. The third-order valence-electron chi connectivity index (χ3n) is 6.30. The van der Waals surface area contributed by atoms with E-state index in [-0.39, 0.29) is 6.10 Å². The lowest BCUT2D eigenvalue weighted by molar-refractivity contribution is 0.117. The van der Waals surface area contributed by atoms with Crippen molar-refractivity contribution in [1.29, 1.82) is 0 Å². The number of rotatable bonds is 8. The molecule has 35 heavy (non-hydrogen) atoms. The number of aromatic nitrogens is 1. The highest BCUT2D eigenvalue weighted by Gasteiger charge is 2.17. The zero-order valence-corrected chi connectivity index (χ0v) is 22.1. The largest absolute Gasteiger partial charge is 0.493 e. The molecule has 4 rings (SSSR count). The number of thiazole rings is 1. The molecule has 1 atom stereocenters. The van der Waals surface area contributed by atoms with E-state index in [9.17, 15) is 0 Å². The Morgan fingerprint density at radius 1 is 1.03 bits per heavy atom. The highest BCUT2D eigenvalue weighted by atomic mass is 32.1. The van der Waals surface area contributed by atoms with Crippen LogP contribution in [0.3, 0.4) is 0 Å². The number of ether oxygens (including phenoxy) is 4. The molecule has 0 spiro atoms. The highest BCUT2D eigenvalue weighted by Crippen LogP contribution is 2.39. The Hall–Kier alpha value is -3.10. The summed E-state index contributed by atoms with van der Waals surface area (Å²) in [5.74, 6) is 1.69. The molecule has 8 heteroatoms. The van der Waals surface area contributed by atoms with E-state index in [0.717, 1.165) is 41.1 Å². The molecule has 0 bridgehead atoms. The van der Waals surface area contributed by atoms with E-state index in [1.807, 2.05) is 16.8 Å². The van der Waals surface area contributed by atoms with Crippen LogP contribution in [-0.4, -0.2) is 51.5 Å². The van der Waals surface area contributed by atoms with Crippen LogP contribution in [0.2, 0.25) is 0 Å². The molecule has 1 saturated heterocycles. The number of nitrogens with zero attached hydrogens (tertiary/aromatic N) is 3. The smallest absolute Gasteiger partial charge is 0.206 e. The molecule has 1 aliphatic rings. The van der Waals surface area contributed by atoms with Gasteiger partial charge in [-0.3, -0.25) is 4.99 Å². The molecule has 7 nitrogen and oxygen atoms in total. The van der Waals surface area contributed by atoms with Crippen LogP contribution in [0.5, 0.6) is 17.2 Å². The molecule has 0 amide bonds. The molecule has 0 N–H and O–H groups in total. The lowest BCUT2D eigenvalue weighted by atomic mass is 9.99. The second-order valence-corrected chi connectivity index (χ2v) is 9.45. The zero-order chi connectivity index (χ0) is 24.9. The van der Waals surface area contributed by atoms with Crippen molar-refractivity contribution >= 4 is 17.6 Å². The second kappa shape index (κ2) is 11.1. The van der Waals surface area contributed by atoms with Gasteiger partial charge in [-0.2, -0.15) is 5.10 Å². The summed E-state index contributed by atoms with van der Waals surface area (Å²) in [6.45, 7) is 7.84. The van der Waals surface area contributed by atoms with E-state index < -0.39 is 0 Å². The van der Waals surface area contributed by atoms with Gasteiger partial charge in [0.25, 0.3) is 0 Å². The molecule has 2 aromatic carbocycles. The van der Waals surface area contributed by atoms with Gasteiger partial charge in [-0.25, -0.2) is 4.68 Å². The summed E-state index contributed by atoms with van der Waals surface area (Å²) in [5, 5.41) is 7.00. The molecule has 1 fully saturated rings. The average Bonchev–Trinajstić information content (AvgIpc) is 3.52. The second-order valence-electron chi connectivity index (χ2n) is 8.61. The first-order valence-electron chi connectivity index (χ1n) is 11.7. The van der Waals surface area contributed by atoms with Crippen molar-refractivity contribution in [1.82, 2.24) is 4.68 Å². The lowest BCUT2D eigenvalue weighted by Gasteiger charge is -2.14. The number of hydrogen-bond donors (Lipinski definition) is 0. The average molecular weight is 496 g/mol. The molecule has 186 valence electrons. The molecule has 0 aliphatic carbocycles. The van der Waals surface area contributed by atoms with Gasteiger partial charge in [0.15, 0.2) is 11.5 Å². The van der Waals surface area contributed by atoms with Crippen LogP contribution in [0.4, 0.5) is 0 Å². The summed E-state index contributed by atoms with van der Waals surface area (Å²) in [5.41, 5.74) is 6.62. The van der Waals surface area contributed by atoms with Gasteiger partial charge in [-0.15, -0.1) is 11.3 Å². The van der Waals surface area contributed by atoms with Crippen molar-refractivity contribution in [2.24, 2.45) is 10.1 Å². The summed E-state index contributed by atoms with van der Waals surface area (Å²) < 4.78 is 24.3. The molecular weight excluding hydrogens is 462 g/mol. The summed E-state index contributed by atoms with van der Waals surface area (Å²) in [6, 6.07) is 8.19. The fraction of sp³-hybridized carbons (Fsp3) is 0.407. The van der Waals surface area contributed by atoms with Crippen LogP contribution in [-0.2, 0) is 4.74 Å². The van der Waals surface area contributed by atoms with Crippen molar-refractivity contribution in [2.45, 2.75) is 39.7 Å². The molecular formula is C27H33N3O4S. The maximum Gasteiger partial charge on any atom is 0.206 e. The minimum absolute atomic E-state index is 0.173. The number of hydrogen-bond acceptors (Lipinski definition) is 7. The Labute approximate surface area is 210 Å². The van der Waals surface area contributed by atoms with Gasteiger partial charge < -0.3 is 18.9 Å². The molecule has 1 aliphatic heterocycles. The first-order chi connectivity index (χ1) is 17.0. The highest BCUT2D eigenvalue weighted by molar-refractivity contribution is 7.07. The first-order valence-corrected chi connectivity index (χ1v) is 12.6. The predicted octanol–water partition coefficient (Wildman–Crippen LogP) is 5.13. The third-order valence-corrected chi connectivity index (χ3v) is 7.16. The SMILES string of the molecule is COc1ccc(C=Nn2c(-c3cc(C)c(C)cc3C)csc2=NCC2CCCO2)c(OC)c1OC. The maximum atomic E-state index is 5.78. The minimum Gasteiger partial charge on any atom is -0.493 e. The van der Waals surface area contributed by atoms with E-state index >= 15 is 0 Å². The topological polar surface area (TPSA) is 66.6 Å². The Morgan fingerprint density at radius 2 is 1.80 bits per heavy atom. The van der Waals surface area contributed by atoms with Crippen molar-refractivity contribution in [2.75, 3.05) is 34.5 Å². The fourth-order valence-corrected chi connectivity index (χ4v) is 5.09. The van der Waals surface area contributed by atoms with Crippen LogP contribution in [0, 0.1) is 20.8 Å². The van der Waals surface area contributed by atoms with E-state index in [0.29, 0.717) is 23.8 Å². The maximum absolute atomic E-state index is 5.78. The predicted molar refractivity (Wildman–Crippen MR) is 140 cm³/mol. The summed E-state index contributed by atoms with van der Waals surface area (Å²) >= 11 is 1.58. The Balaban J connectivity index is 1.82. The number of aryl methyl sites for hydroxylation is 3. The summed E-state index contributed by atoms with van der Waals surface area (Å²) in [6.07, 6.45) is 4.09. The van der Waals surface area contributed by atoms with Crippen LogP contribution in [0.25, 0.3) is 11.3 Å². The van der Waals surface area contributed by atoms with Crippen LogP contribution >= 0.6 is 11.3 Å². The standard InChI is InChI=1S/C27H33N3O4S/c1-17-12-19(3)22(13-18(17)2)23-16-35-27(28-15-21-8-7-11-34-21)30(23)29-14-20-9-10-24(31-4)26(33-6)25(20)32-5/h9-10,12-14,16,21H,7-8,11,15H2,1-6H3. The molecule has 3 aromatic rings. The summed E-state index contributed by atoms with van der Waals surface area (Å²) in [7, 11) is 4.81. The van der Waals surface area contributed by atoms with Gasteiger partial charge in [0.05, 0.1) is 45.9 Å². The van der Waals surface area contributed by atoms with E-state index in [2.05, 4.69) is 38.3 Å². The van der Waals surface area contributed by atoms with Crippen LogP contribution in [0.15, 0.2) is 39.7 Å². The number of benzene rings is 2. The lowest BCUT2D eigenvalue weighted by Crippen LogP contribution is -2.17. The molecule has 1 aromatic heterocycles. The van der Waals surface area contributed by atoms with Gasteiger partial charge in [-0.05, 0) is 68.5 Å². The van der Waals surface area contributed by atoms with E-state index in [1.54, 1.807) is 38.9 Å². The van der Waals surface area contributed by atoms with Gasteiger partial charge in [0.2, 0.25) is 10.6 Å². The molecule has 0 radical (unpaired) electrons. The zero-order valence-electron chi connectivity index (χ0n) is 21.3. The Bertz CT molecular complexity index is 1290. The van der Waals surface area contributed by atoms with E-state index in [4.69, 9.17) is 29.0 Å². The van der Waals surface area contributed by atoms with Crippen molar-refractivity contribution in [3.05, 3.63) is 56.7 Å². The summed E-state index contributed by atoms with van der Waals surface area (Å²) in [4.78, 5) is 5.71. The van der Waals surface area contributed by atoms with Gasteiger partial charge in [-0.1, -0.05) is 6.07 Å². The monoisotopic (exact) mass is 495 g/mol. The molecule has 1 unspecified atom stereocenters. The normalized spacial score (nSPS) is 16.3. The quantitative estimate of drug-likeness (QED) is 0.407. The van der Waals surface area contributed by atoms with Gasteiger partial charge in [0.1, 0.15) is 0 Å². The van der Waals surface area contributed by atoms with Gasteiger partial charge in [0, 0.05) is 23.1 Å². The van der Waals surface area contributed by atoms with Crippen LogP contribution in [0.1, 0.15) is 35.1 Å². The van der Waals surface area contributed by atoms with Gasteiger partial charge >= 0.3 is 0 Å². The van der Waals surface area contributed by atoms with Crippen LogP contribution < -0.4 is 19.0 Å². The van der Waals surface area contributed by atoms with Crippen molar-refractivity contribution < 1.29 is 18.9 Å². The number of methoxy groups -OCH3 is 3. The Morgan fingerprint density at radius 3 is 2.49 bits per heavy atom.